The average Bonchev–Trinajstić information content (AvgIpc) is 1.94. The van der Waals surface area contributed by atoms with Crippen LogP contribution in [0.5, 0.6) is 0 Å². The van der Waals surface area contributed by atoms with Gasteiger partial charge in [-0.1, -0.05) is 36.1 Å². The van der Waals surface area contributed by atoms with Crippen molar-refractivity contribution in [2.45, 2.75) is 0 Å². The summed E-state index contributed by atoms with van der Waals surface area (Å²) >= 11 is 13.1. The maximum absolute atomic E-state index is 5.47. The van der Waals surface area contributed by atoms with Crippen molar-refractivity contribution in [2.24, 2.45) is 5.73 Å². The SMILES string of the molecule is NC(=S)S.[CH2-]c1ccc(Cl)nc1.[K+]. The first-order chi connectivity index (χ1) is 5.52. The number of rotatable bonds is 0. The summed E-state index contributed by atoms with van der Waals surface area (Å²) in [4.78, 5) is 3.78. The van der Waals surface area contributed by atoms with E-state index in [0.29, 0.717) is 5.15 Å². The number of hydrogen-bond acceptors (Lipinski definition) is 2. The van der Waals surface area contributed by atoms with Gasteiger partial charge in [-0.2, -0.15) is 18.6 Å². The minimum Gasteiger partial charge on any atom is -0.385 e. The fourth-order valence-corrected chi connectivity index (χ4v) is 0.518. The van der Waals surface area contributed by atoms with Gasteiger partial charge in [-0.3, -0.25) is 0 Å². The van der Waals surface area contributed by atoms with Gasteiger partial charge in [0.25, 0.3) is 0 Å². The van der Waals surface area contributed by atoms with E-state index in [-0.39, 0.29) is 55.7 Å². The normalized spacial score (nSPS) is 7.54. The van der Waals surface area contributed by atoms with Gasteiger partial charge < -0.3 is 10.7 Å². The van der Waals surface area contributed by atoms with Crippen LogP contribution in [-0.4, -0.2) is 9.30 Å². The van der Waals surface area contributed by atoms with Crippen LogP contribution in [0.3, 0.4) is 0 Å². The van der Waals surface area contributed by atoms with Crippen molar-refractivity contribution in [2.75, 3.05) is 0 Å². The first-order valence-electron chi connectivity index (χ1n) is 2.94. The van der Waals surface area contributed by atoms with Gasteiger partial charge in [-0.15, -0.1) is 12.6 Å². The summed E-state index contributed by atoms with van der Waals surface area (Å²) in [5.41, 5.74) is 5.59. The second kappa shape index (κ2) is 9.73. The summed E-state index contributed by atoms with van der Waals surface area (Å²) in [5.74, 6) is 0. The zero-order valence-corrected chi connectivity index (χ0v) is 12.8. The quantitative estimate of drug-likeness (QED) is 0.208. The van der Waals surface area contributed by atoms with Gasteiger partial charge in [0, 0.05) is 0 Å². The van der Waals surface area contributed by atoms with Crippen LogP contribution in [0.15, 0.2) is 18.3 Å². The van der Waals surface area contributed by atoms with Crippen molar-refractivity contribution in [1.29, 1.82) is 0 Å². The molecule has 0 aliphatic carbocycles. The van der Waals surface area contributed by atoms with Crippen molar-refractivity contribution in [3.63, 3.8) is 0 Å². The molecule has 0 radical (unpaired) electrons. The van der Waals surface area contributed by atoms with Gasteiger partial charge in [-0.05, 0) is 0 Å². The number of pyridine rings is 1. The Kier molecular flexibility index (Phi) is 12.4. The largest absolute Gasteiger partial charge is 1.00 e. The summed E-state index contributed by atoms with van der Waals surface area (Å²) in [7, 11) is 0. The number of nitrogens with zero attached hydrogens (tertiary/aromatic N) is 1. The molecule has 0 unspecified atom stereocenters. The number of halogens is 1. The van der Waals surface area contributed by atoms with Crippen LogP contribution in [-0.2, 0) is 0 Å². The molecule has 1 aromatic heterocycles. The van der Waals surface area contributed by atoms with Gasteiger partial charge in [0.1, 0.15) is 9.47 Å². The number of thiol groups is 1. The summed E-state index contributed by atoms with van der Waals surface area (Å²) in [5, 5.41) is 0.511. The predicted molar refractivity (Wildman–Crippen MR) is 59.5 cm³/mol. The molecule has 0 saturated heterocycles. The zero-order chi connectivity index (χ0) is 9.56. The van der Waals surface area contributed by atoms with Crippen LogP contribution in [0.4, 0.5) is 0 Å². The van der Waals surface area contributed by atoms with Crippen LogP contribution in [0.25, 0.3) is 0 Å². The van der Waals surface area contributed by atoms with E-state index in [1.807, 2.05) is 6.07 Å². The van der Waals surface area contributed by atoms with Crippen LogP contribution < -0.4 is 57.1 Å². The molecule has 0 atom stereocenters. The van der Waals surface area contributed by atoms with E-state index in [0.717, 1.165) is 5.56 Å². The fraction of sp³-hybridized carbons (Fsp3) is 0. The summed E-state index contributed by atoms with van der Waals surface area (Å²) in [6.45, 7) is 3.64. The molecule has 2 nitrogen and oxygen atoms in total. The van der Waals surface area contributed by atoms with Gasteiger partial charge in [0.2, 0.25) is 0 Å². The number of hydrogen-bond donors (Lipinski definition) is 2. The van der Waals surface area contributed by atoms with E-state index >= 15 is 0 Å². The third-order valence-electron chi connectivity index (χ3n) is 0.789. The molecule has 1 aromatic rings. The molecule has 0 bridgehead atoms. The Labute approximate surface area is 136 Å². The van der Waals surface area contributed by atoms with Crippen molar-refractivity contribution in [3.05, 3.63) is 36.0 Å². The maximum Gasteiger partial charge on any atom is 1.00 e. The molecule has 1 rings (SSSR count). The maximum atomic E-state index is 5.47. The molecular formula is C7H8ClKN2S2. The molecule has 13 heavy (non-hydrogen) atoms. The molecule has 2 N–H and O–H groups in total. The molecule has 66 valence electrons. The molecule has 0 aliphatic heterocycles. The summed E-state index contributed by atoms with van der Waals surface area (Å²) in [6.07, 6.45) is 1.63. The Morgan fingerprint density at radius 3 is 2.31 bits per heavy atom. The second-order valence-electron chi connectivity index (χ2n) is 1.83. The predicted octanol–water partition coefficient (Wildman–Crippen LogP) is -0.919. The van der Waals surface area contributed by atoms with Crippen molar-refractivity contribution >= 4 is 40.8 Å². The van der Waals surface area contributed by atoms with Crippen molar-refractivity contribution < 1.29 is 51.4 Å². The van der Waals surface area contributed by atoms with Crippen LogP contribution in [0, 0.1) is 6.92 Å². The first-order valence-corrected chi connectivity index (χ1v) is 4.17. The molecular weight excluding hydrogens is 251 g/mol. The zero-order valence-electron chi connectivity index (χ0n) is 7.20. The van der Waals surface area contributed by atoms with E-state index in [2.05, 4.69) is 36.8 Å². The third-order valence-corrected chi connectivity index (χ3v) is 1.01. The van der Waals surface area contributed by atoms with Gasteiger partial charge >= 0.3 is 51.4 Å². The minimum atomic E-state index is 0. The number of thiocarbonyl (C=S) groups is 1. The van der Waals surface area contributed by atoms with E-state index in [4.69, 9.17) is 17.3 Å². The van der Waals surface area contributed by atoms with Crippen molar-refractivity contribution in [1.82, 2.24) is 4.98 Å². The molecule has 6 heteroatoms. The van der Waals surface area contributed by atoms with Crippen LogP contribution in [0.1, 0.15) is 5.56 Å². The van der Waals surface area contributed by atoms with E-state index < -0.39 is 0 Å². The first kappa shape index (κ1) is 16.6. The number of nitrogens with two attached hydrogens (primary N) is 1. The smallest absolute Gasteiger partial charge is 0.385 e. The summed E-state index contributed by atoms with van der Waals surface area (Å²) < 4.78 is 0.194. The Bertz CT molecular complexity index is 228. The van der Waals surface area contributed by atoms with Gasteiger partial charge in [-0.25, -0.2) is 0 Å². The topological polar surface area (TPSA) is 38.9 Å². The Hall–Kier alpha value is 1.19. The molecule has 0 spiro atoms. The third kappa shape index (κ3) is 13.2. The fourth-order valence-electron chi connectivity index (χ4n) is 0.406. The molecule has 1 heterocycles. The molecule has 0 aromatic carbocycles. The van der Waals surface area contributed by atoms with Crippen LogP contribution in [0.2, 0.25) is 5.15 Å². The minimum absolute atomic E-state index is 0. The molecule has 0 amide bonds. The van der Waals surface area contributed by atoms with Gasteiger partial charge in [0.15, 0.2) is 0 Å². The second-order valence-corrected chi connectivity index (χ2v) is 3.44. The monoisotopic (exact) mass is 258 g/mol. The van der Waals surface area contributed by atoms with E-state index in [9.17, 15) is 0 Å². The van der Waals surface area contributed by atoms with E-state index in [1.165, 1.54) is 0 Å². The molecule has 0 fully saturated rings. The van der Waals surface area contributed by atoms with Crippen molar-refractivity contribution in [3.8, 4) is 0 Å². The molecule has 0 aliphatic rings. The Balaban J connectivity index is 0. The Morgan fingerprint density at radius 1 is 1.62 bits per heavy atom. The number of aromatic nitrogens is 1. The summed E-state index contributed by atoms with van der Waals surface area (Å²) in [6, 6.07) is 3.53. The average molecular weight is 259 g/mol. The Morgan fingerprint density at radius 2 is 2.08 bits per heavy atom. The van der Waals surface area contributed by atoms with E-state index in [1.54, 1.807) is 12.3 Å². The molecule has 0 saturated carbocycles. The van der Waals surface area contributed by atoms with Crippen LogP contribution >= 0.6 is 36.4 Å². The van der Waals surface area contributed by atoms with Gasteiger partial charge in [0.05, 0.1) is 0 Å². The standard InChI is InChI=1S/C6H5ClN.CH3NS2.K/c1-5-2-3-6(7)8-4-5;2-1(3)4;/h2-4H,1H2;(H3,2,3,4);/q-1;;+1.